The van der Waals surface area contributed by atoms with Gasteiger partial charge in [-0.05, 0) is 66.2 Å². The average molecular weight is 659 g/mol. The molecule has 0 fully saturated rings. The first kappa shape index (κ1) is 30.1. The maximum absolute atomic E-state index is 13.8. The van der Waals surface area contributed by atoms with E-state index in [0.29, 0.717) is 5.56 Å². The van der Waals surface area contributed by atoms with Crippen molar-refractivity contribution in [3.05, 3.63) is 128 Å². The van der Waals surface area contributed by atoms with Gasteiger partial charge in [-0.3, -0.25) is 19.2 Å². The first-order valence-corrected chi connectivity index (χ1v) is 14.6. The van der Waals surface area contributed by atoms with Crippen LogP contribution < -0.4 is 20.1 Å². The largest absolute Gasteiger partial charge is 0.378 e. The summed E-state index contributed by atoms with van der Waals surface area (Å²) in [5.74, 6) is -2.26. The molecule has 0 spiro atoms. The van der Waals surface area contributed by atoms with Gasteiger partial charge in [0.25, 0.3) is 23.6 Å². The van der Waals surface area contributed by atoms with Crippen LogP contribution in [0.15, 0.2) is 95.6 Å². The minimum atomic E-state index is -0.635. The van der Waals surface area contributed by atoms with E-state index in [1.807, 2.05) is 43.3 Å². The van der Waals surface area contributed by atoms with Crippen LogP contribution in [0.4, 0.5) is 17.1 Å². The van der Waals surface area contributed by atoms with Crippen LogP contribution in [0.25, 0.3) is 6.08 Å². The van der Waals surface area contributed by atoms with Crippen molar-refractivity contribution in [3.63, 3.8) is 0 Å². The van der Waals surface area contributed by atoms with Gasteiger partial charge in [0.05, 0.1) is 32.4 Å². The lowest BCUT2D eigenvalue weighted by Gasteiger charge is -2.15. The minimum Gasteiger partial charge on any atom is -0.378 e. The van der Waals surface area contributed by atoms with Crippen LogP contribution in [-0.4, -0.2) is 43.6 Å². The summed E-state index contributed by atoms with van der Waals surface area (Å²) in [6, 6.07) is 22.8. The second-order valence-electron chi connectivity index (χ2n) is 10.3. The standard InChI is InChI=1S/C33H22Cl3N5O4/c1-39(2)21-12-10-18(11-13-21)14-25-29(38-41(33(25)45)28-26(35)16-20(34)17-27(28)36)37-30(42)19-6-5-7-22(15-19)40-31(43)23-8-3-4-9-24(23)32(40)44/h3-17H,1-2H3,(H,37,38,42)/b25-14-. The molecule has 0 saturated heterocycles. The topological polar surface area (TPSA) is 102 Å². The first-order chi connectivity index (χ1) is 21.5. The van der Waals surface area contributed by atoms with Crippen LogP contribution >= 0.6 is 34.8 Å². The number of imide groups is 1. The Hall–Kier alpha value is -4.96. The van der Waals surface area contributed by atoms with Crippen molar-refractivity contribution in [1.29, 1.82) is 0 Å². The van der Waals surface area contributed by atoms with Gasteiger partial charge in [0.1, 0.15) is 5.69 Å². The number of amidine groups is 1. The molecule has 12 heteroatoms. The zero-order valence-corrected chi connectivity index (χ0v) is 26.0. The van der Waals surface area contributed by atoms with Gasteiger partial charge in [0.2, 0.25) is 0 Å². The zero-order chi connectivity index (χ0) is 32.0. The van der Waals surface area contributed by atoms with Crippen molar-refractivity contribution in [3.8, 4) is 0 Å². The number of benzene rings is 4. The number of fused-ring (bicyclic) bond motifs is 1. The number of rotatable bonds is 5. The van der Waals surface area contributed by atoms with E-state index in [-0.39, 0.29) is 54.5 Å². The third-order valence-corrected chi connectivity index (χ3v) is 7.98. The summed E-state index contributed by atoms with van der Waals surface area (Å²) in [4.78, 5) is 56.4. The average Bonchev–Trinajstić information content (AvgIpc) is 3.44. The van der Waals surface area contributed by atoms with Crippen molar-refractivity contribution < 1.29 is 19.2 Å². The fourth-order valence-corrected chi connectivity index (χ4v) is 5.93. The van der Waals surface area contributed by atoms with Crippen LogP contribution in [0.3, 0.4) is 0 Å². The molecule has 1 N–H and O–H groups in total. The molecule has 0 saturated carbocycles. The lowest BCUT2D eigenvalue weighted by molar-refractivity contribution is -0.114. The van der Waals surface area contributed by atoms with Crippen LogP contribution in [0, 0.1) is 0 Å². The number of amides is 4. The van der Waals surface area contributed by atoms with Gasteiger partial charge in [-0.1, -0.05) is 65.1 Å². The Bertz CT molecular complexity index is 1930. The Morgan fingerprint density at radius 1 is 0.800 bits per heavy atom. The summed E-state index contributed by atoms with van der Waals surface area (Å²) < 4.78 is 0. The molecule has 0 radical (unpaired) electrons. The van der Waals surface area contributed by atoms with Crippen LogP contribution in [0.5, 0.6) is 0 Å². The number of nitrogens with one attached hydrogen (secondary N) is 1. The molecule has 6 rings (SSSR count). The van der Waals surface area contributed by atoms with E-state index < -0.39 is 23.6 Å². The van der Waals surface area contributed by atoms with E-state index in [9.17, 15) is 19.2 Å². The minimum absolute atomic E-state index is 0.0603. The Morgan fingerprint density at radius 3 is 2.02 bits per heavy atom. The number of hydrazone groups is 1. The lowest BCUT2D eigenvalue weighted by atomic mass is 10.1. The Kier molecular flexibility index (Phi) is 7.92. The smallest absolute Gasteiger partial charge is 0.282 e. The van der Waals surface area contributed by atoms with Crippen molar-refractivity contribution in [1.82, 2.24) is 5.32 Å². The van der Waals surface area contributed by atoms with E-state index in [1.165, 1.54) is 24.3 Å². The highest BCUT2D eigenvalue weighted by Crippen LogP contribution is 2.39. The molecule has 4 aromatic rings. The van der Waals surface area contributed by atoms with E-state index in [1.54, 1.807) is 42.5 Å². The Morgan fingerprint density at radius 2 is 1.42 bits per heavy atom. The summed E-state index contributed by atoms with van der Waals surface area (Å²) >= 11 is 18.9. The Labute approximate surface area is 272 Å². The quantitative estimate of drug-likeness (QED) is 0.190. The van der Waals surface area contributed by atoms with Gasteiger partial charge in [-0.15, -0.1) is 5.10 Å². The van der Waals surface area contributed by atoms with Gasteiger partial charge in [0, 0.05) is 30.4 Å². The summed E-state index contributed by atoms with van der Waals surface area (Å²) in [6.45, 7) is 0. The molecule has 0 aromatic heterocycles. The molecule has 224 valence electrons. The summed E-state index contributed by atoms with van der Waals surface area (Å²) in [5.41, 5.74) is 2.70. The number of nitrogens with zero attached hydrogens (tertiary/aromatic N) is 4. The van der Waals surface area contributed by atoms with E-state index in [0.717, 1.165) is 15.6 Å². The number of anilines is 3. The van der Waals surface area contributed by atoms with E-state index >= 15 is 0 Å². The molecule has 2 aliphatic rings. The van der Waals surface area contributed by atoms with E-state index in [4.69, 9.17) is 34.8 Å². The SMILES string of the molecule is CN(C)c1ccc(/C=C2\C(=O)N(c3c(Cl)cc(Cl)cc3Cl)N=C2NC(=O)c2cccc(N3C(=O)c4ccccc4C3=O)c2)cc1. The van der Waals surface area contributed by atoms with Gasteiger partial charge >= 0.3 is 0 Å². The summed E-state index contributed by atoms with van der Waals surface area (Å²) in [6.07, 6.45) is 1.59. The Balaban J connectivity index is 1.35. The van der Waals surface area contributed by atoms with Gasteiger partial charge in [-0.25, -0.2) is 4.90 Å². The molecule has 4 aromatic carbocycles. The van der Waals surface area contributed by atoms with Gasteiger partial charge in [0.15, 0.2) is 5.84 Å². The van der Waals surface area contributed by atoms with Crippen molar-refractivity contribution >= 4 is 87.4 Å². The number of hydrogen-bond donors (Lipinski definition) is 1. The molecule has 9 nitrogen and oxygen atoms in total. The molecular weight excluding hydrogens is 637 g/mol. The van der Waals surface area contributed by atoms with Gasteiger partial charge < -0.3 is 10.2 Å². The lowest BCUT2D eigenvalue weighted by Crippen LogP contribution is -2.32. The first-order valence-electron chi connectivity index (χ1n) is 13.5. The molecular formula is C33H22Cl3N5O4. The maximum atomic E-state index is 13.8. The van der Waals surface area contributed by atoms with Crippen LogP contribution in [0.2, 0.25) is 15.1 Å². The second kappa shape index (κ2) is 11.9. The highest BCUT2D eigenvalue weighted by molar-refractivity contribution is 6.44. The normalized spacial score (nSPS) is 15.1. The molecule has 4 amide bonds. The fraction of sp³-hybridized carbons (Fsp3) is 0.0606. The summed E-state index contributed by atoms with van der Waals surface area (Å²) in [5, 5.41) is 8.54. The fourth-order valence-electron chi connectivity index (χ4n) is 4.95. The predicted octanol–water partition coefficient (Wildman–Crippen LogP) is 6.69. The highest BCUT2D eigenvalue weighted by Gasteiger charge is 2.37. The van der Waals surface area contributed by atoms with Gasteiger partial charge in [-0.2, -0.15) is 5.01 Å². The maximum Gasteiger partial charge on any atom is 0.282 e. The predicted molar refractivity (Wildman–Crippen MR) is 177 cm³/mol. The molecule has 0 atom stereocenters. The van der Waals surface area contributed by atoms with E-state index in [2.05, 4.69) is 10.4 Å². The third kappa shape index (κ3) is 5.57. The van der Waals surface area contributed by atoms with Crippen LogP contribution in [-0.2, 0) is 4.79 Å². The van der Waals surface area contributed by atoms with Crippen molar-refractivity contribution in [2.24, 2.45) is 5.10 Å². The number of carbonyl (C=O) groups is 4. The zero-order valence-electron chi connectivity index (χ0n) is 23.7. The second-order valence-corrected chi connectivity index (χ2v) is 11.6. The van der Waals surface area contributed by atoms with Crippen molar-refractivity contribution in [2.75, 3.05) is 28.9 Å². The highest BCUT2D eigenvalue weighted by atomic mass is 35.5. The molecule has 2 aliphatic heterocycles. The number of hydrogen-bond acceptors (Lipinski definition) is 6. The molecule has 0 aliphatic carbocycles. The number of carbonyl (C=O) groups excluding carboxylic acids is 4. The third-order valence-electron chi connectivity index (χ3n) is 7.18. The number of halogens is 3. The molecule has 0 bridgehead atoms. The molecule has 45 heavy (non-hydrogen) atoms. The van der Waals surface area contributed by atoms with Crippen LogP contribution in [0.1, 0.15) is 36.6 Å². The molecule has 2 heterocycles. The monoisotopic (exact) mass is 657 g/mol. The summed E-state index contributed by atoms with van der Waals surface area (Å²) in [7, 11) is 3.82. The van der Waals surface area contributed by atoms with Crippen molar-refractivity contribution in [2.45, 2.75) is 0 Å². The molecule has 0 unspecified atom stereocenters.